The van der Waals surface area contributed by atoms with Crippen LogP contribution < -0.4 is 5.32 Å². The number of halogens is 2. The van der Waals surface area contributed by atoms with Gasteiger partial charge in [-0.05, 0) is 42.5 Å². The fourth-order valence-electron chi connectivity index (χ4n) is 1.76. The van der Waals surface area contributed by atoms with Crippen molar-refractivity contribution in [1.29, 1.82) is 0 Å². The van der Waals surface area contributed by atoms with Gasteiger partial charge in [0.25, 0.3) is 0 Å². The average Bonchev–Trinajstić information content (AvgIpc) is 2.48. The molecule has 0 atom stereocenters. The van der Waals surface area contributed by atoms with Crippen molar-refractivity contribution < 1.29 is 13.2 Å². The number of benzene rings is 2. The van der Waals surface area contributed by atoms with Crippen LogP contribution in [0.4, 0.5) is 5.69 Å². The number of anilines is 1. The van der Waals surface area contributed by atoms with Gasteiger partial charge in [0, 0.05) is 22.2 Å². The number of nitrogens with one attached hydrogen (secondary N) is 1. The lowest BCUT2D eigenvalue weighted by Crippen LogP contribution is -2.17. The second-order valence-corrected chi connectivity index (χ2v) is 7.56. The normalized spacial score (nSPS) is 11.2. The van der Waals surface area contributed by atoms with Crippen LogP contribution in [0.2, 0.25) is 10.0 Å². The highest BCUT2D eigenvalue weighted by molar-refractivity contribution is 7.91. The molecule has 0 unspecified atom stereocenters. The maximum Gasteiger partial charge on any atom is 0.225 e. The van der Waals surface area contributed by atoms with Crippen molar-refractivity contribution in [3.05, 3.63) is 58.6 Å². The van der Waals surface area contributed by atoms with Gasteiger partial charge in [-0.3, -0.25) is 4.79 Å². The molecule has 0 fully saturated rings. The molecule has 0 saturated heterocycles. The topological polar surface area (TPSA) is 63.2 Å². The van der Waals surface area contributed by atoms with Crippen molar-refractivity contribution in [2.24, 2.45) is 0 Å². The van der Waals surface area contributed by atoms with Gasteiger partial charge < -0.3 is 5.32 Å². The number of sulfone groups is 1. The van der Waals surface area contributed by atoms with E-state index in [4.69, 9.17) is 23.2 Å². The van der Waals surface area contributed by atoms with E-state index in [-0.39, 0.29) is 23.0 Å². The third-order valence-corrected chi connectivity index (χ3v) is 5.08. The van der Waals surface area contributed by atoms with Crippen LogP contribution in [0.25, 0.3) is 0 Å². The molecule has 0 aromatic heterocycles. The first-order valence-corrected chi connectivity index (χ1v) is 8.81. The van der Waals surface area contributed by atoms with Crippen LogP contribution in [0.5, 0.6) is 0 Å². The summed E-state index contributed by atoms with van der Waals surface area (Å²) in [4.78, 5) is 11.9. The van der Waals surface area contributed by atoms with Crippen molar-refractivity contribution in [2.45, 2.75) is 11.3 Å². The molecule has 2 aromatic rings. The number of hydrogen-bond acceptors (Lipinski definition) is 3. The zero-order valence-electron chi connectivity index (χ0n) is 11.4. The van der Waals surface area contributed by atoms with E-state index in [2.05, 4.69) is 5.32 Å². The minimum absolute atomic E-state index is 0.110. The molecule has 22 heavy (non-hydrogen) atoms. The Bertz CT molecular complexity index is 774. The Balaban J connectivity index is 1.97. The summed E-state index contributed by atoms with van der Waals surface area (Å²) in [6, 6.07) is 12.5. The van der Waals surface area contributed by atoms with Gasteiger partial charge in [0.15, 0.2) is 9.84 Å². The second kappa shape index (κ2) is 7.13. The summed E-state index contributed by atoms with van der Waals surface area (Å²) in [7, 11) is -3.54. The molecule has 0 spiro atoms. The second-order valence-electron chi connectivity index (χ2n) is 4.58. The summed E-state index contributed by atoms with van der Waals surface area (Å²) < 4.78 is 24.3. The van der Waals surface area contributed by atoms with Crippen molar-refractivity contribution in [3.63, 3.8) is 0 Å². The zero-order chi connectivity index (χ0) is 16.2. The van der Waals surface area contributed by atoms with E-state index in [0.29, 0.717) is 15.7 Å². The Morgan fingerprint density at radius 1 is 1.00 bits per heavy atom. The molecule has 0 bridgehead atoms. The Morgan fingerprint density at radius 2 is 1.68 bits per heavy atom. The smallest absolute Gasteiger partial charge is 0.225 e. The number of hydrogen-bond donors (Lipinski definition) is 1. The molecule has 0 radical (unpaired) electrons. The van der Waals surface area contributed by atoms with Crippen molar-refractivity contribution in [1.82, 2.24) is 0 Å². The maximum atomic E-state index is 12.1. The molecule has 2 aromatic carbocycles. The van der Waals surface area contributed by atoms with Gasteiger partial charge in [-0.2, -0.15) is 0 Å². The predicted molar refractivity (Wildman–Crippen MR) is 88.2 cm³/mol. The van der Waals surface area contributed by atoms with E-state index < -0.39 is 9.84 Å². The number of amides is 1. The number of carbonyl (C=O) groups excluding carboxylic acids is 1. The van der Waals surface area contributed by atoms with Gasteiger partial charge in [-0.25, -0.2) is 8.42 Å². The SMILES string of the molecule is O=C(CCS(=O)(=O)c1cccc(Cl)c1)Nc1ccc(Cl)cc1. The highest BCUT2D eigenvalue weighted by Crippen LogP contribution is 2.18. The van der Waals surface area contributed by atoms with Crippen LogP contribution in [-0.4, -0.2) is 20.1 Å². The first-order valence-electron chi connectivity index (χ1n) is 6.40. The molecule has 1 amide bonds. The number of rotatable bonds is 5. The van der Waals surface area contributed by atoms with Gasteiger partial charge in [-0.15, -0.1) is 0 Å². The molecule has 2 rings (SSSR count). The summed E-state index contributed by atoms with van der Waals surface area (Å²) in [6.07, 6.45) is -0.141. The van der Waals surface area contributed by atoms with Crippen molar-refractivity contribution >= 4 is 44.6 Å². The van der Waals surface area contributed by atoms with Crippen molar-refractivity contribution in [3.8, 4) is 0 Å². The standard InChI is InChI=1S/C15H13Cl2NO3S/c16-11-4-6-13(7-5-11)18-15(19)8-9-22(20,21)14-3-1-2-12(17)10-14/h1-7,10H,8-9H2,(H,18,19). The largest absolute Gasteiger partial charge is 0.326 e. The summed E-state index contributed by atoms with van der Waals surface area (Å²) in [6.45, 7) is 0. The third kappa shape index (κ3) is 4.73. The molecule has 0 heterocycles. The maximum absolute atomic E-state index is 12.1. The van der Waals surface area contributed by atoms with E-state index in [9.17, 15) is 13.2 Å². The highest BCUT2D eigenvalue weighted by Gasteiger charge is 2.16. The van der Waals surface area contributed by atoms with Crippen LogP contribution in [0.3, 0.4) is 0 Å². The van der Waals surface area contributed by atoms with Crippen LogP contribution in [-0.2, 0) is 14.6 Å². The molecule has 0 aliphatic heterocycles. The van der Waals surface area contributed by atoms with E-state index in [1.807, 2.05) is 0 Å². The van der Waals surface area contributed by atoms with Crippen LogP contribution >= 0.6 is 23.2 Å². The average molecular weight is 358 g/mol. The summed E-state index contributed by atoms with van der Waals surface area (Å²) in [5, 5.41) is 3.51. The lowest BCUT2D eigenvalue weighted by molar-refractivity contribution is -0.115. The molecule has 1 N–H and O–H groups in total. The zero-order valence-corrected chi connectivity index (χ0v) is 13.8. The predicted octanol–water partition coefficient (Wildman–Crippen LogP) is 3.80. The Labute approximate surface area is 139 Å². The van der Waals surface area contributed by atoms with Gasteiger partial charge in [0.1, 0.15) is 0 Å². The lowest BCUT2D eigenvalue weighted by Gasteiger charge is -2.07. The quantitative estimate of drug-likeness (QED) is 0.884. The van der Waals surface area contributed by atoms with Gasteiger partial charge in [-0.1, -0.05) is 29.3 Å². The fraction of sp³-hybridized carbons (Fsp3) is 0.133. The molecular weight excluding hydrogens is 345 g/mol. The van der Waals surface area contributed by atoms with Gasteiger partial charge in [0.2, 0.25) is 5.91 Å². The van der Waals surface area contributed by atoms with E-state index in [0.717, 1.165) is 0 Å². The minimum atomic E-state index is -3.54. The third-order valence-electron chi connectivity index (χ3n) is 2.88. The summed E-state index contributed by atoms with van der Waals surface area (Å²) >= 11 is 11.5. The Morgan fingerprint density at radius 3 is 2.32 bits per heavy atom. The first kappa shape index (κ1) is 16.8. The summed E-state index contributed by atoms with van der Waals surface area (Å²) in [5.41, 5.74) is 0.564. The van der Waals surface area contributed by atoms with Gasteiger partial charge >= 0.3 is 0 Å². The Kier molecular flexibility index (Phi) is 5.45. The minimum Gasteiger partial charge on any atom is -0.326 e. The van der Waals surface area contributed by atoms with E-state index in [1.54, 1.807) is 36.4 Å². The molecule has 0 saturated carbocycles. The van der Waals surface area contributed by atoms with Crippen LogP contribution in [0.1, 0.15) is 6.42 Å². The van der Waals surface area contributed by atoms with Crippen LogP contribution in [0, 0.1) is 0 Å². The highest BCUT2D eigenvalue weighted by atomic mass is 35.5. The fourth-order valence-corrected chi connectivity index (χ4v) is 3.43. The Hall–Kier alpha value is -1.56. The molecular formula is C15H13Cl2NO3S. The monoisotopic (exact) mass is 357 g/mol. The van der Waals surface area contributed by atoms with Gasteiger partial charge in [0.05, 0.1) is 10.6 Å². The van der Waals surface area contributed by atoms with Crippen molar-refractivity contribution in [2.75, 3.05) is 11.1 Å². The van der Waals surface area contributed by atoms with E-state index in [1.165, 1.54) is 12.1 Å². The molecule has 4 nitrogen and oxygen atoms in total. The molecule has 116 valence electrons. The summed E-state index contributed by atoms with van der Waals surface area (Å²) in [5.74, 6) is -0.667. The molecule has 0 aliphatic carbocycles. The lowest BCUT2D eigenvalue weighted by atomic mass is 10.3. The molecule has 0 aliphatic rings. The van der Waals surface area contributed by atoms with Crippen LogP contribution in [0.15, 0.2) is 53.4 Å². The molecule has 7 heteroatoms. The van der Waals surface area contributed by atoms with E-state index >= 15 is 0 Å². The first-order chi connectivity index (χ1) is 10.4. The number of carbonyl (C=O) groups is 1.